The van der Waals surface area contributed by atoms with E-state index in [1.807, 2.05) is 43.3 Å². The maximum Gasteiger partial charge on any atom is 0.336 e. The van der Waals surface area contributed by atoms with Gasteiger partial charge in [0.2, 0.25) is 0 Å². The molecule has 0 amide bonds. The SMILES string of the molecule is Cc1c(C(=O)O)ccc2c3ccccc3n(Cc3ccccc3)c12. The molecule has 1 aromatic heterocycles. The number of fused-ring (bicyclic) bond motifs is 3. The average molecular weight is 315 g/mol. The van der Waals surface area contributed by atoms with Crippen molar-refractivity contribution in [3.8, 4) is 0 Å². The van der Waals surface area contributed by atoms with E-state index in [0.29, 0.717) is 5.56 Å². The van der Waals surface area contributed by atoms with Gasteiger partial charge in [0.1, 0.15) is 0 Å². The molecule has 4 rings (SSSR count). The lowest BCUT2D eigenvalue weighted by Crippen LogP contribution is -2.04. The molecule has 0 bridgehead atoms. The summed E-state index contributed by atoms with van der Waals surface area (Å²) in [4.78, 5) is 11.5. The zero-order valence-electron chi connectivity index (χ0n) is 13.4. The van der Waals surface area contributed by atoms with Crippen LogP contribution in [0, 0.1) is 6.92 Å². The second kappa shape index (κ2) is 5.53. The molecule has 0 radical (unpaired) electrons. The van der Waals surface area contributed by atoms with Crippen LogP contribution < -0.4 is 0 Å². The fourth-order valence-electron chi connectivity index (χ4n) is 3.48. The van der Waals surface area contributed by atoms with Gasteiger partial charge in [0.05, 0.1) is 11.1 Å². The van der Waals surface area contributed by atoms with Gasteiger partial charge in [-0.25, -0.2) is 4.79 Å². The van der Waals surface area contributed by atoms with Gasteiger partial charge in [-0.1, -0.05) is 54.6 Å². The fraction of sp³-hybridized carbons (Fsp3) is 0.0952. The number of para-hydroxylation sites is 1. The third kappa shape index (κ3) is 2.17. The van der Waals surface area contributed by atoms with Crippen molar-refractivity contribution in [2.24, 2.45) is 0 Å². The second-order valence-electron chi connectivity index (χ2n) is 6.03. The number of nitrogens with zero attached hydrogens (tertiary/aromatic N) is 1. The lowest BCUT2D eigenvalue weighted by Gasteiger charge is -2.11. The van der Waals surface area contributed by atoms with Gasteiger partial charge in [0.15, 0.2) is 0 Å². The largest absolute Gasteiger partial charge is 0.478 e. The molecule has 1 heterocycles. The van der Waals surface area contributed by atoms with Gasteiger partial charge >= 0.3 is 5.97 Å². The summed E-state index contributed by atoms with van der Waals surface area (Å²) in [7, 11) is 0. The summed E-state index contributed by atoms with van der Waals surface area (Å²) in [5, 5.41) is 11.7. The first kappa shape index (κ1) is 14.5. The van der Waals surface area contributed by atoms with Crippen molar-refractivity contribution in [1.82, 2.24) is 4.57 Å². The molecule has 3 aromatic carbocycles. The molecule has 0 aliphatic carbocycles. The molecule has 3 nitrogen and oxygen atoms in total. The minimum Gasteiger partial charge on any atom is -0.478 e. The predicted octanol–water partition coefficient (Wildman–Crippen LogP) is 4.85. The van der Waals surface area contributed by atoms with Crippen molar-refractivity contribution < 1.29 is 9.90 Å². The maximum absolute atomic E-state index is 11.5. The third-order valence-electron chi connectivity index (χ3n) is 4.60. The molecule has 0 spiro atoms. The third-order valence-corrected chi connectivity index (χ3v) is 4.60. The summed E-state index contributed by atoms with van der Waals surface area (Å²) in [6.07, 6.45) is 0. The van der Waals surface area contributed by atoms with Crippen LogP contribution in [0.25, 0.3) is 21.8 Å². The van der Waals surface area contributed by atoms with E-state index in [0.717, 1.165) is 33.9 Å². The van der Waals surface area contributed by atoms with Crippen molar-refractivity contribution >= 4 is 27.8 Å². The van der Waals surface area contributed by atoms with Gasteiger partial charge in [-0.3, -0.25) is 0 Å². The summed E-state index contributed by atoms with van der Waals surface area (Å²) >= 11 is 0. The first-order valence-corrected chi connectivity index (χ1v) is 7.94. The van der Waals surface area contributed by atoms with Crippen molar-refractivity contribution in [1.29, 1.82) is 0 Å². The lowest BCUT2D eigenvalue weighted by atomic mass is 10.0. The van der Waals surface area contributed by atoms with Gasteiger partial charge in [0.25, 0.3) is 0 Å². The molecule has 0 unspecified atom stereocenters. The number of aromatic carboxylic acids is 1. The molecule has 24 heavy (non-hydrogen) atoms. The van der Waals surface area contributed by atoms with Crippen molar-refractivity contribution in [2.45, 2.75) is 13.5 Å². The molecule has 118 valence electrons. The quantitative estimate of drug-likeness (QED) is 0.587. The van der Waals surface area contributed by atoms with Crippen molar-refractivity contribution in [3.63, 3.8) is 0 Å². The number of aryl methyl sites for hydroxylation is 1. The van der Waals surface area contributed by atoms with Crippen LogP contribution in [0.1, 0.15) is 21.5 Å². The fourth-order valence-corrected chi connectivity index (χ4v) is 3.48. The normalized spacial score (nSPS) is 11.2. The van der Waals surface area contributed by atoms with E-state index in [-0.39, 0.29) is 0 Å². The number of hydrogen-bond acceptors (Lipinski definition) is 1. The van der Waals surface area contributed by atoms with Crippen LogP contribution in [0.3, 0.4) is 0 Å². The zero-order chi connectivity index (χ0) is 16.7. The summed E-state index contributed by atoms with van der Waals surface area (Å²) in [5.41, 5.74) is 4.49. The Hall–Kier alpha value is -3.07. The molecule has 0 atom stereocenters. The predicted molar refractivity (Wildman–Crippen MR) is 96.7 cm³/mol. The van der Waals surface area contributed by atoms with Crippen LogP contribution in [0.5, 0.6) is 0 Å². The van der Waals surface area contributed by atoms with Gasteiger partial charge in [-0.2, -0.15) is 0 Å². The van der Waals surface area contributed by atoms with Crippen LogP contribution >= 0.6 is 0 Å². The molecule has 0 aliphatic rings. The molecule has 1 N–H and O–H groups in total. The Labute approximate surface area is 139 Å². The first-order valence-electron chi connectivity index (χ1n) is 7.94. The highest BCUT2D eigenvalue weighted by atomic mass is 16.4. The summed E-state index contributed by atoms with van der Waals surface area (Å²) in [5.74, 6) is -0.883. The maximum atomic E-state index is 11.5. The molecular formula is C21H17NO2. The average Bonchev–Trinajstić information content (AvgIpc) is 2.91. The van der Waals surface area contributed by atoms with E-state index in [9.17, 15) is 9.90 Å². The minimum atomic E-state index is -0.883. The molecule has 4 aromatic rings. The molecule has 0 fully saturated rings. The molecule has 3 heteroatoms. The van der Waals surface area contributed by atoms with E-state index < -0.39 is 5.97 Å². The van der Waals surface area contributed by atoms with Gasteiger partial charge < -0.3 is 9.67 Å². The molecular weight excluding hydrogens is 298 g/mol. The number of hydrogen-bond donors (Lipinski definition) is 1. The monoisotopic (exact) mass is 315 g/mol. The van der Waals surface area contributed by atoms with Crippen molar-refractivity contribution in [3.05, 3.63) is 83.4 Å². The zero-order valence-corrected chi connectivity index (χ0v) is 13.4. The number of carboxylic acids is 1. The number of benzene rings is 3. The van der Waals surface area contributed by atoms with Gasteiger partial charge in [0, 0.05) is 22.8 Å². The van der Waals surface area contributed by atoms with E-state index in [2.05, 4.69) is 28.8 Å². The number of carbonyl (C=O) groups is 1. The Balaban J connectivity index is 2.07. The van der Waals surface area contributed by atoms with E-state index in [1.165, 1.54) is 5.56 Å². The van der Waals surface area contributed by atoms with Crippen LogP contribution in [-0.4, -0.2) is 15.6 Å². The smallest absolute Gasteiger partial charge is 0.336 e. The lowest BCUT2D eigenvalue weighted by molar-refractivity contribution is 0.0696. The Bertz CT molecular complexity index is 1060. The van der Waals surface area contributed by atoms with E-state index in [4.69, 9.17) is 0 Å². The highest BCUT2D eigenvalue weighted by Crippen LogP contribution is 2.33. The van der Waals surface area contributed by atoms with Crippen molar-refractivity contribution in [2.75, 3.05) is 0 Å². The minimum absolute atomic E-state index is 0.361. The second-order valence-corrected chi connectivity index (χ2v) is 6.03. The number of carboxylic acid groups (broad SMARTS) is 1. The van der Waals surface area contributed by atoms with Gasteiger partial charge in [-0.15, -0.1) is 0 Å². The van der Waals surface area contributed by atoms with E-state index in [1.54, 1.807) is 6.07 Å². The topological polar surface area (TPSA) is 42.2 Å². The van der Waals surface area contributed by atoms with Crippen LogP contribution in [0.15, 0.2) is 66.7 Å². The van der Waals surface area contributed by atoms with Crippen LogP contribution in [-0.2, 0) is 6.54 Å². The van der Waals surface area contributed by atoms with Crippen LogP contribution in [0.4, 0.5) is 0 Å². The summed E-state index contributed by atoms with van der Waals surface area (Å²) in [6.45, 7) is 2.61. The summed E-state index contributed by atoms with van der Waals surface area (Å²) in [6, 6.07) is 22.1. The van der Waals surface area contributed by atoms with Gasteiger partial charge in [-0.05, 0) is 30.2 Å². The Kier molecular flexibility index (Phi) is 3.35. The standard InChI is InChI=1S/C21H17NO2/c1-14-16(21(23)24)11-12-18-17-9-5-6-10-19(17)22(20(14)18)13-15-7-3-2-4-8-15/h2-12H,13H2,1H3,(H,23,24). The Morgan fingerprint density at radius 2 is 1.62 bits per heavy atom. The summed E-state index contributed by atoms with van der Waals surface area (Å²) < 4.78 is 2.22. The molecule has 0 saturated carbocycles. The van der Waals surface area contributed by atoms with Crippen LogP contribution in [0.2, 0.25) is 0 Å². The number of rotatable bonds is 3. The Morgan fingerprint density at radius 1 is 0.917 bits per heavy atom. The highest BCUT2D eigenvalue weighted by molar-refractivity contribution is 6.11. The number of aromatic nitrogens is 1. The molecule has 0 saturated heterocycles. The molecule has 0 aliphatic heterocycles. The van der Waals surface area contributed by atoms with E-state index >= 15 is 0 Å². The highest BCUT2D eigenvalue weighted by Gasteiger charge is 2.17. The Morgan fingerprint density at radius 3 is 2.38 bits per heavy atom. The first-order chi connectivity index (χ1) is 11.7.